The van der Waals surface area contributed by atoms with E-state index in [4.69, 9.17) is 15.7 Å². The average Bonchev–Trinajstić information content (AvgIpc) is 2.37. The SMILES string of the molecule is CC1CC(Oc2ccc(/C(N)=N/O)cc2Br)CC(C)(C)C1. The Hall–Kier alpha value is -1.23. The molecule has 5 heteroatoms. The van der Waals surface area contributed by atoms with Crippen molar-refractivity contribution in [1.29, 1.82) is 0 Å². The molecule has 0 aliphatic heterocycles. The molecule has 116 valence electrons. The van der Waals surface area contributed by atoms with Gasteiger partial charge in [-0.3, -0.25) is 0 Å². The third-order valence-corrected chi connectivity index (χ3v) is 4.60. The maximum Gasteiger partial charge on any atom is 0.170 e. The lowest BCUT2D eigenvalue weighted by atomic mass is 9.71. The summed E-state index contributed by atoms with van der Waals surface area (Å²) in [5, 5.41) is 11.7. The highest BCUT2D eigenvalue weighted by molar-refractivity contribution is 9.10. The van der Waals surface area contributed by atoms with E-state index in [1.54, 1.807) is 6.07 Å². The monoisotopic (exact) mass is 354 g/mol. The van der Waals surface area contributed by atoms with E-state index in [1.807, 2.05) is 12.1 Å². The molecule has 1 saturated carbocycles. The molecule has 0 radical (unpaired) electrons. The number of hydrogen-bond donors (Lipinski definition) is 2. The van der Waals surface area contributed by atoms with Crippen LogP contribution in [-0.4, -0.2) is 17.1 Å². The van der Waals surface area contributed by atoms with Crippen molar-refractivity contribution in [2.24, 2.45) is 22.2 Å². The van der Waals surface area contributed by atoms with Gasteiger partial charge in [0.1, 0.15) is 5.75 Å². The lowest BCUT2D eigenvalue weighted by Crippen LogP contribution is -2.34. The smallest absolute Gasteiger partial charge is 0.170 e. The van der Waals surface area contributed by atoms with Gasteiger partial charge >= 0.3 is 0 Å². The minimum Gasteiger partial charge on any atom is -0.489 e. The van der Waals surface area contributed by atoms with E-state index < -0.39 is 0 Å². The molecule has 1 aromatic rings. The minimum atomic E-state index is 0.0923. The first-order valence-corrected chi connectivity index (χ1v) is 8.04. The molecular weight excluding hydrogens is 332 g/mol. The number of halogens is 1. The molecule has 0 heterocycles. The fraction of sp³-hybridized carbons (Fsp3) is 0.562. The molecule has 0 spiro atoms. The molecule has 4 nitrogen and oxygen atoms in total. The molecule has 3 N–H and O–H groups in total. The normalized spacial score (nSPS) is 25.6. The second kappa shape index (κ2) is 6.26. The highest BCUT2D eigenvalue weighted by Gasteiger charge is 2.33. The predicted molar refractivity (Wildman–Crippen MR) is 87.9 cm³/mol. The van der Waals surface area contributed by atoms with Gasteiger partial charge in [0, 0.05) is 5.56 Å². The summed E-state index contributed by atoms with van der Waals surface area (Å²) in [6, 6.07) is 5.47. The summed E-state index contributed by atoms with van der Waals surface area (Å²) in [6.07, 6.45) is 3.62. The molecule has 0 aromatic heterocycles. The molecule has 2 rings (SSSR count). The van der Waals surface area contributed by atoms with Crippen LogP contribution in [0.2, 0.25) is 0 Å². The number of oxime groups is 1. The number of hydrogen-bond acceptors (Lipinski definition) is 3. The van der Waals surface area contributed by atoms with Gasteiger partial charge in [0.25, 0.3) is 0 Å². The highest BCUT2D eigenvalue weighted by atomic mass is 79.9. The van der Waals surface area contributed by atoms with Gasteiger partial charge in [-0.25, -0.2) is 0 Å². The topological polar surface area (TPSA) is 67.8 Å². The maximum atomic E-state index is 8.71. The predicted octanol–water partition coefficient (Wildman–Crippen LogP) is 4.14. The quantitative estimate of drug-likeness (QED) is 0.371. The van der Waals surface area contributed by atoms with Crippen molar-refractivity contribution in [3.8, 4) is 5.75 Å². The summed E-state index contributed by atoms with van der Waals surface area (Å²) in [7, 11) is 0. The number of nitrogens with zero attached hydrogens (tertiary/aromatic N) is 1. The minimum absolute atomic E-state index is 0.0923. The van der Waals surface area contributed by atoms with Gasteiger partial charge in [0.2, 0.25) is 0 Å². The Kier molecular flexibility index (Phi) is 4.81. The van der Waals surface area contributed by atoms with Gasteiger partial charge in [-0.15, -0.1) is 0 Å². The van der Waals surface area contributed by atoms with Crippen LogP contribution >= 0.6 is 15.9 Å². The van der Waals surface area contributed by atoms with E-state index in [2.05, 4.69) is 41.9 Å². The van der Waals surface area contributed by atoms with Gasteiger partial charge in [0.15, 0.2) is 5.84 Å². The van der Waals surface area contributed by atoms with Crippen molar-refractivity contribution >= 4 is 21.8 Å². The van der Waals surface area contributed by atoms with Gasteiger partial charge in [-0.2, -0.15) is 0 Å². The van der Waals surface area contributed by atoms with E-state index in [9.17, 15) is 0 Å². The molecule has 0 bridgehead atoms. The van der Waals surface area contributed by atoms with E-state index in [0.29, 0.717) is 16.9 Å². The van der Waals surface area contributed by atoms with Crippen LogP contribution in [0.15, 0.2) is 27.8 Å². The standard InChI is InChI=1S/C16H23BrN2O2/c1-10-6-12(9-16(2,3)8-10)21-14-5-4-11(7-13(14)17)15(18)19-20/h4-5,7,10,12,20H,6,8-9H2,1-3H3,(H2,18,19). The van der Waals surface area contributed by atoms with Crippen molar-refractivity contribution in [1.82, 2.24) is 0 Å². The second-order valence-electron chi connectivity index (χ2n) is 6.78. The van der Waals surface area contributed by atoms with Crippen LogP contribution in [0, 0.1) is 11.3 Å². The summed E-state index contributed by atoms with van der Waals surface area (Å²) in [5.41, 5.74) is 6.57. The molecule has 1 fully saturated rings. The van der Waals surface area contributed by atoms with Crippen molar-refractivity contribution in [3.05, 3.63) is 28.2 Å². The van der Waals surface area contributed by atoms with Crippen LogP contribution in [0.4, 0.5) is 0 Å². The lowest BCUT2D eigenvalue weighted by Gasteiger charge is -2.39. The Morgan fingerprint density at radius 2 is 2.14 bits per heavy atom. The number of rotatable bonds is 3. The zero-order valence-electron chi connectivity index (χ0n) is 12.8. The Morgan fingerprint density at radius 3 is 2.71 bits per heavy atom. The number of benzene rings is 1. The first kappa shape index (κ1) is 16.1. The molecular formula is C16H23BrN2O2. The van der Waals surface area contributed by atoms with E-state index in [1.165, 1.54) is 6.42 Å². The molecule has 0 saturated heterocycles. The van der Waals surface area contributed by atoms with Crippen molar-refractivity contribution in [2.75, 3.05) is 0 Å². The summed E-state index contributed by atoms with van der Waals surface area (Å²) < 4.78 is 6.99. The summed E-state index contributed by atoms with van der Waals surface area (Å²) in [6.45, 7) is 6.89. The van der Waals surface area contributed by atoms with Crippen molar-refractivity contribution < 1.29 is 9.94 Å². The molecule has 2 atom stereocenters. The number of amidine groups is 1. The zero-order valence-corrected chi connectivity index (χ0v) is 14.4. The average molecular weight is 355 g/mol. The maximum absolute atomic E-state index is 8.71. The molecule has 1 aliphatic rings. The van der Waals surface area contributed by atoms with Crippen LogP contribution in [0.5, 0.6) is 5.75 Å². The van der Waals surface area contributed by atoms with Gasteiger partial charge in [-0.05, 0) is 64.7 Å². The lowest BCUT2D eigenvalue weighted by molar-refractivity contribution is 0.0557. The molecule has 21 heavy (non-hydrogen) atoms. The van der Waals surface area contributed by atoms with Crippen LogP contribution in [0.1, 0.15) is 45.6 Å². The molecule has 2 unspecified atom stereocenters. The van der Waals surface area contributed by atoms with Crippen LogP contribution in [0.3, 0.4) is 0 Å². The van der Waals surface area contributed by atoms with E-state index in [-0.39, 0.29) is 11.9 Å². The van der Waals surface area contributed by atoms with E-state index in [0.717, 1.165) is 23.1 Å². The largest absolute Gasteiger partial charge is 0.489 e. The van der Waals surface area contributed by atoms with Gasteiger partial charge in [0.05, 0.1) is 10.6 Å². The summed E-state index contributed by atoms with van der Waals surface area (Å²) in [4.78, 5) is 0. The summed E-state index contributed by atoms with van der Waals surface area (Å²) >= 11 is 3.50. The van der Waals surface area contributed by atoms with Gasteiger partial charge in [-0.1, -0.05) is 25.9 Å². The fourth-order valence-electron chi connectivity index (χ4n) is 3.34. The molecule has 1 aliphatic carbocycles. The van der Waals surface area contributed by atoms with Crippen molar-refractivity contribution in [3.63, 3.8) is 0 Å². The van der Waals surface area contributed by atoms with Crippen LogP contribution in [-0.2, 0) is 0 Å². The van der Waals surface area contributed by atoms with Gasteiger partial charge < -0.3 is 15.7 Å². The molecule has 1 aromatic carbocycles. The Morgan fingerprint density at radius 1 is 1.43 bits per heavy atom. The first-order chi connectivity index (χ1) is 9.80. The zero-order chi connectivity index (χ0) is 15.6. The summed E-state index contributed by atoms with van der Waals surface area (Å²) in [5.74, 6) is 1.57. The Labute approximate surface area is 134 Å². The Bertz CT molecular complexity index is 543. The third kappa shape index (κ3) is 4.13. The first-order valence-electron chi connectivity index (χ1n) is 7.25. The second-order valence-corrected chi connectivity index (χ2v) is 7.64. The third-order valence-electron chi connectivity index (χ3n) is 3.98. The Balaban J connectivity index is 2.13. The fourth-order valence-corrected chi connectivity index (χ4v) is 3.81. The van der Waals surface area contributed by atoms with E-state index >= 15 is 0 Å². The number of ether oxygens (including phenoxy) is 1. The van der Waals surface area contributed by atoms with Crippen molar-refractivity contribution in [2.45, 2.75) is 46.1 Å². The van der Waals surface area contributed by atoms with Crippen LogP contribution < -0.4 is 10.5 Å². The molecule has 0 amide bonds. The number of nitrogens with two attached hydrogens (primary N) is 1. The highest BCUT2D eigenvalue weighted by Crippen LogP contribution is 2.40. The van der Waals surface area contributed by atoms with Crippen LogP contribution in [0.25, 0.3) is 0 Å².